The molecule has 1 spiro atoms. The Morgan fingerprint density at radius 1 is 1.31 bits per heavy atom. The number of nitrogens with zero attached hydrogens (tertiary/aromatic N) is 1. The molecule has 1 fully saturated rings. The van der Waals surface area contributed by atoms with Gasteiger partial charge in [-0.2, -0.15) is 0 Å². The quantitative estimate of drug-likeness (QED) is 0.725. The molecule has 0 aromatic heterocycles. The molecule has 2 aliphatic rings. The molecule has 0 unspecified atom stereocenters. The number of fused-ring (bicyclic) bond motifs is 2. The highest BCUT2D eigenvalue weighted by Crippen LogP contribution is 2.45. The second kappa shape index (κ2) is 3.74. The maximum Gasteiger partial charge on any atom is 0.124 e. The molecule has 1 aromatic rings. The van der Waals surface area contributed by atoms with Gasteiger partial charge in [-0.15, -0.1) is 0 Å². The molecular weight excluding hydrogens is 266 g/mol. The van der Waals surface area contributed by atoms with Crippen molar-refractivity contribution in [3.05, 3.63) is 28.2 Å². The maximum atomic E-state index is 5.86. The number of likely N-dealkylation sites (tertiary alicyclic amines) is 1. The predicted octanol–water partition coefficient (Wildman–Crippen LogP) is 2.80. The van der Waals surface area contributed by atoms with Crippen molar-refractivity contribution in [2.24, 2.45) is 0 Å². The first-order chi connectivity index (χ1) is 7.70. The first kappa shape index (κ1) is 10.6. The summed E-state index contributed by atoms with van der Waals surface area (Å²) in [4.78, 5) is 2.40. The van der Waals surface area contributed by atoms with Gasteiger partial charge >= 0.3 is 0 Å². The van der Waals surface area contributed by atoms with Crippen molar-refractivity contribution in [2.75, 3.05) is 26.7 Å². The number of ether oxygens (including phenoxy) is 1. The first-order valence-corrected chi connectivity index (χ1v) is 6.60. The standard InChI is InChI=1S/C13H16BrNO/c1-15-6-4-13(5-7-15)9-16-12-8-10(14)2-3-11(12)13/h2-3,8H,4-7,9H2,1H3. The third-order valence-electron chi connectivity index (χ3n) is 3.96. The third kappa shape index (κ3) is 1.57. The largest absolute Gasteiger partial charge is 0.492 e. The number of piperidine rings is 1. The van der Waals surface area contributed by atoms with E-state index in [0.29, 0.717) is 5.41 Å². The van der Waals surface area contributed by atoms with Crippen LogP contribution in [0.5, 0.6) is 5.75 Å². The summed E-state index contributed by atoms with van der Waals surface area (Å²) in [7, 11) is 2.20. The van der Waals surface area contributed by atoms with E-state index in [2.05, 4.69) is 46.1 Å². The Bertz CT molecular complexity index is 410. The van der Waals surface area contributed by atoms with Crippen molar-refractivity contribution in [3.8, 4) is 5.75 Å². The molecule has 0 amide bonds. The van der Waals surface area contributed by atoms with Gasteiger partial charge in [0.2, 0.25) is 0 Å². The third-order valence-corrected chi connectivity index (χ3v) is 4.46. The second-order valence-corrected chi connectivity index (χ2v) is 5.93. The first-order valence-electron chi connectivity index (χ1n) is 5.81. The van der Waals surface area contributed by atoms with E-state index < -0.39 is 0 Å². The fourth-order valence-corrected chi connectivity index (χ4v) is 3.15. The molecule has 1 saturated heterocycles. The zero-order valence-corrected chi connectivity index (χ0v) is 11.1. The molecule has 0 N–H and O–H groups in total. The van der Waals surface area contributed by atoms with Gasteiger partial charge in [-0.3, -0.25) is 0 Å². The number of halogens is 1. The SMILES string of the molecule is CN1CCC2(CC1)COc1cc(Br)ccc12. The normalized spacial score (nSPS) is 23.1. The van der Waals surface area contributed by atoms with Crippen molar-refractivity contribution in [1.82, 2.24) is 4.90 Å². The highest BCUT2D eigenvalue weighted by atomic mass is 79.9. The lowest BCUT2D eigenvalue weighted by Gasteiger charge is -2.36. The predicted molar refractivity (Wildman–Crippen MR) is 68.0 cm³/mol. The van der Waals surface area contributed by atoms with Crippen LogP contribution in [-0.2, 0) is 5.41 Å². The number of hydrogen-bond donors (Lipinski definition) is 0. The Labute approximate surface area is 105 Å². The molecular formula is C13H16BrNO. The summed E-state index contributed by atoms with van der Waals surface area (Å²) in [6.07, 6.45) is 2.44. The molecule has 0 atom stereocenters. The summed E-state index contributed by atoms with van der Waals surface area (Å²) in [5, 5.41) is 0. The van der Waals surface area contributed by atoms with Gasteiger partial charge in [0.15, 0.2) is 0 Å². The van der Waals surface area contributed by atoms with E-state index >= 15 is 0 Å². The highest BCUT2D eigenvalue weighted by Gasteiger charge is 2.42. The zero-order chi connectivity index (χ0) is 11.2. The molecule has 86 valence electrons. The highest BCUT2D eigenvalue weighted by molar-refractivity contribution is 9.10. The van der Waals surface area contributed by atoms with E-state index in [1.54, 1.807) is 0 Å². The van der Waals surface area contributed by atoms with Gasteiger partial charge in [0.1, 0.15) is 5.75 Å². The average molecular weight is 282 g/mol. The Morgan fingerprint density at radius 3 is 2.81 bits per heavy atom. The summed E-state index contributed by atoms with van der Waals surface area (Å²) >= 11 is 3.50. The molecule has 2 heterocycles. The van der Waals surface area contributed by atoms with E-state index in [4.69, 9.17) is 4.74 Å². The van der Waals surface area contributed by atoms with E-state index in [0.717, 1.165) is 16.8 Å². The lowest BCUT2D eigenvalue weighted by atomic mass is 9.74. The number of hydrogen-bond acceptors (Lipinski definition) is 2. The van der Waals surface area contributed by atoms with E-state index in [1.807, 2.05) is 0 Å². The lowest BCUT2D eigenvalue weighted by Crippen LogP contribution is -2.41. The summed E-state index contributed by atoms with van der Waals surface area (Å²) in [6, 6.07) is 6.47. The zero-order valence-electron chi connectivity index (χ0n) is 9.50. The summed E-state index contributed by atoms with van der Waals surface area (Å²) in [6.45, 7) is 3.23. The Hall–Kier alpha value is -0.540. The van der Waals surface area contributed by atoms with Crippen LogP contribution in [-0.4, -0.2) is 31.6 Å². The van der Waals surface area contributed by atoms with Gasteiger partial charge in [-0.1, -0.05) is 22.0 Å². The minimum absolute atomic E-state index is 0.294. The molecule has 0 bridgehead atoms. The molecule has 0 radical (unpaired) electrons. The monoisotopic (exact) mass is 281 g/mol. The number of rotatable bonds is 0. The van der Waals surface area contributed by atoms with Gasteiger partial charge in [-0.25, -0.2) is 0 Å². The van der Waals surface area contributed by atoms with E-state index in [9.17, 15) is 0 Å². The molecule has 0 aliphatic carbocycles. The topological polar surface area (TPSA) is 12.5 Å². The van der Waals surface area contributed by atoms with Crippen LogP contribution in [0.3, 0.4) is 0 Å². The fourth-order valence-electron chi connectivity index (χ4n) is 2.81. The van der Waals surface area contributed by atoms with Crippen LogP contribution < -0.4 is 4.74 Å². The molecule has 16 heavy (non-hydrogen) atoms. The van der Waals surface area contributed by atoms with Gasteiger partial charge in [-0.05, 0) is 45.1 Å². The summed E-state index contributed by atoms with van der Waals surface area (Å²) in [5.41, 5.74) is 1.71. The van der Waals surface area contributed by atoms with E-state index in [1.165, 1.54) is 31.5 Å². The summed E-state index contributed by atoms with van der Waals surface area (Å²) < 4.78 is 6.97. The second-order valence-electron chi connectivity index (χ2n) is 5.01. The lowest BCUT2D eigenvalue weighted by molar-refractivity contribution is 0.155. The Morgan fingerprint density at radius 2 is 2.06 bits per heavy atom. The van der Waals surface area contributed by atoms with Crippen LogP contribution in [0.25, 0.3) is 0 Å². The van der Waals surface area contributed by atoms with Crippen molar-refractivity contribution in [3.63, 3.8) is 0 Å². The number of benzene rings is 1. The molecule has 3 heteroatoms. The maximum absolute atomic E-state index is 5.86. The average Bonchev–Trinajstić information content (AvgIpc) is 2.62. The van der Waals surface area contributed by atoms with Crippen molar-refractivity contribution in [1.29, 1.82) is 0 Å². The molecule has 1 aromatic carbocycles. The van der Waals surface area contributed by atoms with Crippen LogP contribution in [0.1, 0.15) is 18.4 Å². The van der Waals surface area contributed by atoms with Crippen molar-refractivity contribution >= 4 is 15.9 Å². The molecule has 0 saturated carbocycles. The summed E-state index contributed by atoms with van der Waals surface area (Å²) in [5.74, 6) is 1.08. The van der Waals surface area contributed by atoms with E-state index in [-0.39, 0.29) is 0 Å². The van der Waals surface area contributed by atoms with Crippen LogP contribution in [0, 0.1) is 0 Å². The van der Waals surface area contributed by atoms with Crippen molar-refractivity contribution in [2.45, 2.75) is 18.3 Å². The Balaban J connectivity index is 1.96. The minimum Gasteiger partial charge on any atom is -0.492 e. The smallest absolute Gasteiger partial charge is 0.124 e. The van der Waals surface area contributed by atoms with Gasteiger partial charge < -0.3 is 9.64 Å². The van der Waals surface area contributed by atoms with Gasteiger partial charge in [0.05, 0.1) is 6.61 Å². The van der Waals surface area contributed by atoms with Crippen LogP contribution in [0.15, 0.2) is 22.7 Å². The van der Waals surface area contributed by atoms with Crippen LogP contribution in [0.4, 0.5) is 0 Å². The van der Waals surface area contributed by atoms with Crippen LogP contribution in [0.2, 0.25) is 0 Å². The van der Waals surface area contributed by atoms with Crippen LogP contribution >= 0.6 is 15.9 Å². The minimum atomic E-state index is 0.294. The van der Waals surface area contributed by atoms with Crippen molar-refractivity contribution < 1.29 is 4.74 Å². The Kier molecular flexibility index (Phi) is 2.48. The molecule has 2 nitrogen and oxygen atoms in total. The fraction of sp³-hybridized carbons (Fsp3) is 0.538. The molecule has 3 rings (SSSR count). The van der Waals surface area contributed by atoms with Gasteiger partial charge in [0, 0.05) is 15.5 Å². The molecule has 2 aliphatic heterocycles. The van der Waals surface area contributed by atoms with Gasteiger partial charge in [0.25, 0.3) is 0 Å².